The average Bonchev–Trinajstić information content (AvgIpc) is 2.47. The van der Waals surface area contributed by atoms with E-state index >= 15 is 0 Å². The first-order chi connectivity index (χ1) is 10.0. The zero-order chi connectivity index (χ0) is 15.2. The van der Waals surface area contributed by atoms with Gasteiger partial charge in [-0.2, -0.15) is 0 Å². The number of nitrogens with one attached hydrogen (secondary N) is 2. The van der Waals surface area contributed by atoms with E-state index in [0.717, 1.165) is 11.1 Å². The standard InChI is InChI=1S/C15H17N3O2S/c1-10-3-5-12(6-4-10)8-16-13(19)9-21-14-11(2)7-17-15(20)18-14/h3-7H,8-9H2,1-2H3,(H,16,19)(H,17,18,20). The van der Waals surface area contributed by atoms with E-state index in [4.69, 9.17) is 0 Å². The highest BCUT2D eigenvalue weighted by molar-refractivity contribution is 7.99. The Kier molecular flexibility index (Phi) is 5.16. The summed E-state index contributed by atoms with van der Waals surface area (Å²) in [5, 5.41) is 3.54. The molecule has 21 heavy (non-hydrogen) atoms. The lowest BCUT2D eigenvalue weighted by Gasteiger charge is -2.06. The maximum atomic E-state index is 11.8. The Labute approximate surface area is 127 Å². The van der Waals surface area contributed by atoms with E-state index in [9.17, 15) is 9.59 Å². The molecule has 0 saturated carbocycles. The van der Waals surface area contributed by atoms with Crippen LogP contribution in [0.25, 0.3) is 0 Å². The number of carbonyl (C=O) groups excluding carboxylic acids is 1. The van der Waals surface area contributed by atoms with Crippen LogP contribution < -0.4 is 11.0 Å². The largest absolute Gasteiger partial charge is 0.351 e. The monoisotopic (exact) mass is 303 g/mol. The van der Waals surface area contributed by atoms with Gasteiger partial charge < -0.3 is 10.3 Å². The van der Waals surface area contributed by atoms with Crippen molar-refractivity contribution in [2.75, 3.05) is 5.75 Å². The van der Waals surface area contributed by atoms with Crippen molar-refractivity contribution in [3.8, 4) is 0 Å². The molecule has 1 aromatic heterocycles. The molecular formula is C15H17N3O2S. The lowest BCUT2D eigenvalue weighted by atomic mass is 10.1. The van der Waals surface area contributed by atoms with Crippen LogP contribution in [0.5, 0.6) is 0 Å². The van der Waals surface area contributed by atoms with Gasteiger partial charge in [-0.1, -0.05) is 41.6 Å². The molecule has 0 atom stereocenters. The number of aromatic amines is 1. The summed E-state index contributed by atoms with van der Waals surface area (Å²) >= 11 is 1.30. The summed E-state index contributed by atoms with van der Waals surface area (Å²) in [4.78, 5) is 29.2. The minimum absolute atomic E-state index is 0.0716. The van der Waals surface area contributed by atoms with E-state index in [1.54, 1.807) is 0 Å². The van der Waals surface area contributed by atoms with Crippen molar-refractivity contribution in [3.63, 3.8) is 0 Å². The normalized spacial score (nSPS) is 10.4. The number of thioether (sulfide) groups is 1. The summed E-state index contributed by atoms with van der Waals surface area (Å²) in [6.45, 7) is 4.37. The van der Waals surface area contributed by atoms with Gasteiger partial charge in [-0.25, -0.2) is 9.78 Å². The lowest BCUT2D eigenvalue weighted by molar-refractivity contribution is -0.118. The molecule has 2 aromatic rings. The number of rotatable bonds is 5. The number of nitrogens with zero attached hydrogens (tertiary/aromatic N) is 1. The van der Waals surface area contributed by atoms with Crippen molar-refractivity contribution >= 4 is 17.7 Å². The quantitative estimate of drug-likeness (QED) is 0.652. The fraction of sp³-hybridized carbons (Fsp3) is 0.267. The molecule has 1 heterocycles. The van der Waals surface area contributed by atoms with Crippen LogP contribution in [0.3, 0.4) is 0 Å². The van der Waals surface area contributed by atoms with Gasteiger partial charge in [-0.05, 0) is 25.0 Å². The summed E-state index contributed by atoms with van der Waals surface area (Å²) in [5.74, 6) is 0.185. The third-order valence-corrected chi connectivity index (χ3v) is 4.03. The van der Waals surface area contributed by atoms with Crippen LogP contribution in [0.1, 0.15) is 16.7 Å². The summed E-state index contributed by atoms with van der Waals surface area (Å²) in [7, 11) is 0. The Balaban J connectivity index is 1.83. The predicted molar refractivity (Wildman–Crippen MR) is 83.3 cm³/mol. The van der Waals surface area contributed by atoms with Gasteiger partial charge in [0.05, 0.1) is 10.8 Å². The zero-order valence-corrected chi connectivity index (χ0v) is 12.8. The van der Waals surface area contributed by atoms with Crippen molar-refractivity contribution < 1.29 is 4.79 Å². The average molecular weight is 303 g/mol. The molecule has 2 rings (SSSR count). The van der Waals surface area contributed by atoms with Gasteiger partial charge >= 0.3 is 5.69 Å². The van der Waals surface area contributed by atoms with Gasteiger partial charge in [-0.3, -0.25) is 4.79 Å². The maximum Gasteiger partial charge on any atom is 0.345 e. The molecule has 6 heteroatoms. The van der Waals surface area contributed by atoms with Gasteiger partial charge in [-0.15, -0.1) is 0 Å². The SMILES string of the molecule is Cc1ccc(CNC(=O)CSc2[nH]c(=O)ncc2C)cc1. The fourth-order valence-electron chi connectivity index (χ4n) is 1.69. The molecule has 0 radical (unpaired) electrons. The van der Waals surface area contributed by atoms with E-state index in [0.29, 0.717) is 11.6 Å². The third kappa shape index (κ3) is 4.75. The molecule has 0 saturated heterocycles. The number of aromatic nitrogens is 2. The molecule has 110 valence electrons. The van der Waals surface area contributed by atoms with E-state index in [1.165, 1.54) is 23.5 Å². The molecule has 0 aliphatic rings. The van der Waals surface area contributed by atoms with Crippen LogP contribution in [0.4, 0.5) is 0 Å². The topological polar surface area (TPSA) is 74.8 Å². The van der Waals surface area contributed by atoms with Crippen molar-refractivity contribution in [2.45, 2.75) is 25.4 Å². The molecule has 0 spiro atoms. The van der Waals surface area contributed by atoms with Crippen LogP contribution in [-0.2, 0) is 11.3 Å². The van der Waals surface area contributed by atoms with Crippen LogP contribution in [-0.4, -0.2) is 21.6 Å². The Morgan fingerprint density at radius 3 is 2.71 bits per heavy atom. The third-order valence-electron chi connectivity index (χ3n) is 2.91. The van der Waals surface area contributed by atoms with Crippen molar-refractivity contribution in [1.82, 2.24) is 15.3 Å². The van der Waals surface area contributed by atoms with Crippen LogP contribution in [0.15, 0.2) is 40.3 Å². The van der Waals surface area contributed by atoms with Gasteiger partial charge in [0.15, 0.2) is 0 Å². The highest BCUT2D eigenvalue weighted by Gasteiger charge is 2.06. The number of aryl methyl sites for hydroxylation is 2. The molecule has 1 amide bonds. The smallest absolute Gasteiger partial charge is 0.345 e. The molecular weight excluding hydrogens is 286 g/mol. The van der Waals surface area contributed by atoms with E-state index in [-0.39, 0.29) is 11.7 Å². The molecule has 0 unspecified atom stereocenters. The first-order valence-electron chi connectivity index (χ1n) is 6.55. The van der Waals surface area contributed by atoms with Gasteiger partial charge in [0.2, 0.25) is 5.91 Å². The van der Waals surface area contributed by atoms with Crippen molar-refractivity contribution in [2.24, 2.45) is 0 Å². The Morgan fingerprint density at radius 1 is 1.29 bits per heavy atom. The molecule has 0 aliphatic heterocycles. The maximum absolute atomic E-state index is 11.8. The molecule has 5 nitrogen and oxygen atoms in total. The van der Waals surface area contributed by atoms with Gasteiger partial charge in [0, 0.05) is 12.7 Å². The Bertz CT molecular complexity index is 680. The summed E-state index contributed by atoms with van der Waals surface area (Å²) in [6.07, 6.45) is 1.51. The highest BCUT2D eigenvalue weighted by Crippen LogP contribution is 2.16. The second-order valence-corrected chi connectivity index (χ2v) is 5.74. The van der Waals surface area contributed by atoms with Crippen LogP contribution in [0, 0.1) is 13.8 Å². The number of H-pyrrole nitrogens is 1. The predicted octanol–water partition coefficient (Wildman–Crippen LogP) is 1.80. The number of hydrogen-bond donors (Lipinski definition) is 2. The number of carbonyl (C=O) groups is 1. The minimum atomic E-state index is -0.400. The van der Waals surface area contributed by atoms with Crippen LogP contribution >= 0.6 is 11.8 Å². The molecule has 1 aromatic carbocycles. The molecule has 2 N–H and O–H groups in total. The van der Waals surface area contributed by atoms with E-state index < -0.39 is 5.69 Å². The number of hydrogen-bond acceptors (Lipinski definition) is 4. The minimum Gasteiger partial charge on any atom is -0.351 e. The first kappa shape index (κ1) is 15.3. The van der Waals surface area contributed by atoms with E-state index in [2.05, 4.69) is 15.3 Å². The highest BCUT2D eigenvalue weighted by atomic mass is 32.2. The zero-order valence-electron chi connectivity index (χ0n) is 12.0. The van der Waals surface area contributed by atoms with E-state index in [1.807, 2.05) is 38.1 Å². The Morgan fingerprint density at radius 2 is 2.00 bits per heavy atom. The lowest BCUT2D eigenvalue weighted by Crippen LogP contribution is -2.24. The first-order valence-corrected chi connectivity index (χ1v) is 7.54. The summed E-state index contributed by atoms with van der Waals surface area (Å²) < 4.78 is 0. The van der Waals surface area contributed by atoms with Crippen molar-refractivity contribution in [3.05, 3.63) is 57.6 Å². The summed E-state index contributed by atoms with van der Waals surface area (Å²) in [6, 6.07) is 8.02. The molecule has 0 fully saturated rings. The molecule has 0 bridgehead atoms. The fourth-order valence-corrected chi connectivity index (χ4v) is 2.50. The number of amides is 1. The van der Waals surface area contributed by atoms with Gasteiger partial charge in [0.1, 0.15) is 0 Å². The summed E-state index contributed by atoms with van der Waals surface area (Å²) in [5.41, 5.74) is 2.71. The Hall–Kier alpha value is -2.08. The molecule has 0 aliphatic carbocycles. The second-order valence-electron chi connectivity index (χ2n) is 4.75. The second kappa shape index (κ2) is 7.08. The van der Waals surface area contributed by atoms with Crippen molar-refractivity contribution in [1.29, 1.82) is 0 Å². The van der Waals surface area contributed by atoms with Gasteiger partial charge in [0.25, 0.3) is 0 Å². The van der Waals surface area contributed by atoms with Crippen LogP contribution in [0.2, 0.25) is 0 Å². The number of benzene rings is 1.